The molecule has 1 aliphatic rings. The Morgan fingerprint density at radius 1 is 0.935 bits per heavy atom. The summed E-state index contributed by atoms with van der Waals surface area (Å²) >= 11 is 0. The molecule has 1 aromatic carbocycles. The third-order valence-electron chi connectivity index (χ3n) is 5.74. The van der Waals surface area contributed by atoms with E-state index in [0.29, 0.717) is 6.61 Å². The van der Waals surface area contributed by atoms with Gasteiger partial charge in [-0.25, -0.2) is 4.98 Å². The predicted octanol–water partition coefficient (Wildman–Crippen LogP) is 4.79. The molecular weight excluding hydrogens is 386 g/mol. The fourth-order valence-corrected chi connectivity index (χ4v) is 4.28. The number of fused-ring (bicyclic) bond motifs is 2. The van der Waals surface area contributed by atoms with E-state index >= 15 is 0 Å². The summed E-state index contributed by atoms with van der Waals surface area (Å²) in [6.45, 7) is 1.42. The standard InChI is InChI=1S/C25H21N5O/c1-2-14-29-16-20(27-23(29)5-1)17-31-21-8-6-18(7-9-21)24-22-4-3-15-30(22)28-25(24)19-10-12-26-13-11-19/h1-2,5-14,16H,3-4,15,17H2. The molecular formula is C25H21N5O. The van der Waals surface area contributed by atoms with Crippen molar-refractivity contribution >= 4 is 5.65 Å². The first-order valence-electron chi connectivity index (χ1n) is 10.5. The number of nitrogens with zero attached hydrogens (tertiary/aromatic N) is 5. The Labute approximate surface area is 179 Å². The molecule has 0 fully saturated rings. The molecule has 0 radical (unpaired) electrons. The van der Waals surface area contributed by atoms with Gasteiger partial charge < -0.3 is 9.14 Å². The molecule has 6 rings (SSSR count). The van der Waals surface area contributed by atoms with Crippen LogP contribution in [0.25, 0.3) is 28.0 Å². The van der Waals surface area contributed by atoms with E-state index in [1.54, 1.807) is 0 Å². The van der Waals surface area contributed by atoms with Gasteiger partial charge in [-0.3, -0.25) is 9.67 Å². The van der Waals surface area contributed by atoms with E-state index in [9.17, 15) is 0 Å². The quantitative estimate of drug-likeness (QED) is 0.421. The highest BCUT2D eigenvalue weighted by Gasteiger charge is 2.23. The van der Waals surface area contributed by atoms with Gasteiger partial charge in [0.2, 0.25) is 0 Å². The summed E-state index contributed by atoms with van der Waals surface area (Å²) in [5.41, 5.74) is 7.64. The summed E-state index contributed by atoms with van der Waals surface area (Å²) < 4.78 is 10.2. The van der Waals surface area contributed by atoms with E-state index in [-0.39, 0.29) is 0 Å². The van der Waals surface area contributed by atoms with Crippen LogP contribution in [0.1, 0.15) is 17.8 Å². The average Bonchev–Trinajstić information content (AvgIpc) is 3.52. The summed E-state index contributed by atoms with van der Waals surface area (Å²) in [4.78, 5) is 8.74. The van der Waals surface area contributed by atoms with Gasteiger partial charge in [0.05, 0.1) is 5.69 Å². The summed E-state index contributed by atoms with van der Waals surface area (Å²) in [6, 6.07) is 18.3. The maximum Gasteiger partial charge on any atom is 0.137 e. The highest BCUT2D eigenvalue weighted by Crippen LogP contribution is 2.37. The monoisotopic (exact) mass is 407 g/mol. The van der Waals surface area contributed by atoms with Crippen LogP contribution in [0.5, 0.6) is 5.75 Å². The number of hydrogen-bond acceptors (Lipinski definition) is 4. The second kappa shape index (κ2) is 7.40. The maximum atomic E-state index is 6.00. The van der Waals surface area contributed by atoms with Crippen molar-refractivity contribution in [2.24, 2.45) is 0 Å². The Morgan fingerprint density at radius 3 is 2.65 bits per heavy atom. The molecule has 1 aliphatic heterocycles. The van der Waals surface area contributed by atoms with Crippen molar-refractivity contribution in [1.29, 1.82) is 0 Å². The summed E-state index contributed by atoms with van der Waals surface area (Å²) in [7, 11) is 0. The fraction of sp³-hybridized carbons (Fsp3) is 0.160. The Morgan fingerprint density at radius 2 is 1.81 bits per heavy atom. The number of ether oxygens (including phenoxy) is 1. The molecule has 0 unspecified atom stereocenters. The fourth-order valence-electron chi connectivity index (χ4n) is 4.28. The molecule has 0 atom stereocenters. The van der Waals surface area contributed by atoms with E-state index in [0.717, 1.165) is 53.3 Å². The number of imidazole rings is 1. The molecule has 5 aromatic rings. The van der Waals surface area contributed by atoms with Gasteiger partial charge in [0, 0.05) is 48.2 Å². The Balaban J connectivity index is 1.27. The van der Waals surface area contributed by atoms with E-state index < -0.39 is 0 Å². The van der Waals surface area contributed by atoms with Gasteiger partial charge in [-0.15, -0.1) is 0 Å². The smallest absolute Gasteiger partial charge is 0.137 e. The Hall–Kier alpha value is -3.93. The third kappa shape index (κ3) is 3.26. The highest BCUT2D eigenvalue weighted by molar-refractivity contribution is 5.83. The second-order valence-electron chi connectivity index (χ2n) is 7.74. The number of rotatable bonds is 5. The van der Waals surface area contributed by atoms with E-state index in [1.165, 1.54) is 11.3 Å². The molecule has 0 saturated carbocycles. The lowest BCUT2D eigenvalue weighted by Crippen LogP contribution is -1.95. The Kier molecular flexibility index (Phi) is 4.27. The number of aryl methyl sites for hydroxylation is 1. The lowest BCUT2D eigenvalue weighted by atomic mass is 9.98. The van der Waals surface area contributed by atoms with Gasteiger partial charge in [0.1, 0.15) is 23.7 Å². The minimum atomic E-state index is 0.437. The SMILES string of the molecule is c1ccn2cc(COc3ccc(-c4c(-c5ccncc5)nn5c4CCC5)cc3)nc2c1. The summed E-state index contributed by atoms with van der Waals surface area (Å²) in [5, 5.41) is 4.90. The molecule has 6 heteroatoms. The first-order valence-corrected chi connectivity index (χ1v) is 10.5. The zero-order chi connectivity index (χ0) is 20.6. The summed E-state index contributed by atoms with van der Waals surface area (Å²) in [5.74, 6) is 0.829. The third-order valence-corrected chi connectivity index (χ3v) is 5.74. The minimum Gasteiger partial charge on any atom is -0.487 e. The van der Waals surface area contributed by atoms with Gasteiger partial charge in [0.15, 0.2) is 0 Å². The molecule has 0 N–H and O–H groups in total. The van der Waals surface area contributed by atoms with Crippen molar-refractivity contribution in [2.45, 2.75) is 26.0 Å². The number of aromatic nitrogens is 5. The summed E-state index contributed by atoms with van der Waals surface area (Å²) in [6.07, 6.45) is 9.83. The van der Waals surface area contributed by atoms with Gasteiger partial charge in [-0.05, 0) is 54.8 Å². The number of pyridine rings is 2. The van der Waals surface area contributed by atoms with Gasteiger partial charge in [0.25, 0.3) is 0 Å². The van der Waals surface area contributed by atoms with Crippen molar-refractivity contribution < 1.29 is 4.74 Å². The van der Waals surface area contributed by atoms with Crippen molar-refractivity contribution in [2.75, 3.05) is 0 Å². The molecule has 0 bridgehead atoms. The van der Waals surface area contributed by atoms with E-state index in [1.807, 2.05) is 71.7 Å². The molecule has 0 amide bonds. The van der Waals surface area contributed by atoms with Crippen molar-refractivity contribution in [3.63, 3.8) is 0 Å². The molecule has 0 aliphatic carbocycles. The zero-order valence-corrected chi connectivity index (χ0v) is 17.0. The molecule has 4 aromatic heterocycles. The van der Waals surface area contributed by atoms with Gasteiger partial charge in [-0.2, -0.15) is 5.10 Å². The molecule has 0 spiro atoms. The van der Waals surface area contributed by atoms with Crippen molar-refractivity contribution in [3.8, 4) is 28.1 Å². The molecule has 152 valence electrons. The largest absolute Gasteiger partial charge is 0.487 e. The number of hydrogen-bond donors (Lipinski definition) is 0. The molecule has 5 heterocycles. The molecule has 31 heavy (non-hydrogen) atoms. The van der Waals surface area contributed by atoms with Crippen LogP contribution < -0.4 is 4.74 Å². The predicted molar refractivity (Wildman–Crippen MR) is 119 cm³/mol. The molecule has 6 nitrogen and oxygen atoms in total. The van der Waals surface area contributed by atoms with E-state index in [4.69, 9.17) is 9.84 Å². The van der Waals surface area contributed by atoms with Gasteiger partial charge >= 0.3 is 0 Å². The minimum absolute atomic E-state index is 0.437. The Bertz CT molecular complexity index is 1320. The van der Waals surface area contributed by atoms with Crippen LogP contribution >= 0.6 is 0 Å². The molecule has 0 saturated heterocycles. The van der Waals surface area contributed by atoms with Crippen LogP contribution in [0.3, 0.4) is 0 Å². The number of benzene rings is 1. The lowest BCUT2D eigenvalue weighted by Gasteiger charge is -2.08. The second-order valence-corrected chi connectivity index (χ2v) is 7.74. The van der Waals surface area contributed by atoms with Crippen LogP contribution in [-0.2, 0) is 19.6 Å². The van der Waals surface area contributed by atoms with Crippen molar-refractivity contribution in [3.05, 3.63) is 90.8 Å². The average molecular weight is 407 g/mol. The van der Waals surface area contributed by atoms with Crippen LogP contribution in [0.2, 0.25) is 0 Å². The maximum absolute atomic E-state index is 6.00. The van der Waals surface area contributed by atoms with Gasteiger partial charge in [-0.1, -0.05) is 18.2 Å². The van der Waals surface area contributed by atoms with E-state index in [2.05, 4.69) is 26.8 Å². The normalized spacial score (nSPS) is 12.9. The topological polar surface area (TPSA) is 57.2 Å². The first-order chi connectivity index (χ1) is 15.3. The lowest BCUT2D eigenvalue weighted by molar-refractivity contribution is 0.302. The zero-order valence-electron chi connectivity index (χ0n) is 17.0. The van der Waals surface area contributed by atoms with Crippen LogP contribution in [0, 0.1) is 0 Å². The highest BCUT2D eigenvalue weighted by atomic mass is 16.5. The van der Waals surface area contributed by atoms with Crippen LogP contribution in [0.4, 0.5) is 0 Å². The van der Waals surface area contributed by atoms with Crippen molar-refractivity contribution in [1.82, 2.24) is 24.1 Å². The van der Waals surface area contributed by atoms with Crippen LogP contribution in [0.15, 0.2) is 79.4 Å². The first kappa shape index (κ1) is 17.9. The van der Waals surface area contributed by atoms with Crippen LogP contribution in [-0.4, -0.2) is 24.1 Å².